The van der Waals surface area contributed by atoms with Gasteiger partial charge in [0.25, 0.3) is 5.69 Å². The number of carboxylic acids is 1. The van der Waals surface area contributed by atoms with Crippen LogP contribution in [-0.4, -0.2) is 27.4 Å². The second-order valence-electron chi connectivity index (χ2n) is 6.53. The van der Waals surface area contributed by atoms with Crippen molar-refractivity contribution in [2.45, 2.75) is 51.0 Å². The number of aliphatic carboxylic acids is 1. The van der Waals surface area contributed by atoms with Crippen molar-refractivity contribution in [3.63, 3.8) is 0 Å². The molecular formula is C17H22N2O5. The first kappa shape index (κ1) is 17.9. The van der Waals surface area contributed by atoms with Crippen LogP contribution in [0.2, 0.25) is 0 Å². The molecule has 7 heteroatoms. The molecule has 7 nitrogen and oxygen atoms in total. The Morgan fingerprint density at radius 3 is 2.83 bits per heavy atom. The number of rotatable bonds is 6. The Labute approximate surface area is 140 Å². The number of aryl methyl sites for hydroxylation is 1. The minimum Gasteiger partial charge on any atom is -0.481 e. The minimum absolute atomic E-state index is 0.00177. The third-order valence-corrected chi connectivity index (χ3v) is 4.69. The van der Waals surface area contributed by atoms with E-state index in [1.807, 2.05) is 0 Å². The molecule has 130 valence electrons. The molecule has 0 radical (unpaired) electrons. The number of carboxylic acid groups (broad SMARTS) is 1. The van der Waals surface area contributed by atoms with Gasteiger partial charge in [0.05, 0.1) is 16.4 Å². The summed E-state index contributed by atoms with van der Waals surface area (Å²) in [6, 6.07) is 6.19. The zero-order valence-electron chi connectivity index (χ0n) is 13.7. The van der Waals surface area contributed by atoms with Crippen molar-refractivity contribution in [3.05, 3.63) is 39.9 Å². The van der Waals surface area contributed by atoms with Gasteiger partial charge in [-0.2, -0.15) is 0 Å². The van der Waals surface area contributed by atoms with Gasteiger partial charge in [0.1, 0.15) is 0 Å². The van der Waals surface area contributed by atoms with Crippen molar-refractivity contribution in [2.24, 2.45) is 5.92 Å². The molecule has 0 heterocycles. The average Bonchev–Trinajstić information content (AvgIpc) is 2.53. The lowest BCUT2D eigenvalue weighted by atomic mass is 9.74. The van der Waals surface area contributed by atoms with Gasteiger partial charge in [0.2, 0.25) is 5.91 Å². The molecule has 1 aromatic rings. The van der Waals surface area contributed by atoms with Crippen molar-refractivity contribution in [1.29, 1.82) is 0 Å². The van der Waals surface area contributed by atoms with E-state index < -0.39 is 22.3 Å². The number of nitrogens with one attached hydrogen (secondary N) is 1. The summed E-state index contributed by atoms with van der Waals surface area (Å²) >= 11 is 0. The van der Waals surface area contributed by atoms with Gasteiger partial charge in [0, 0.05) is 18.6 Å². The van der Waals surface area contributed by atoms with Crippen LogP contribution in [-0.2, 0) is 16.0 Å². The van der Waals surface area contributed by atoms with Gasteiger partial charge in [0.15, 0.2) is 0 Å². The monoisotopic (exact) mass is 334 g/mol. The van der Waals surface area contributed by atoms with Crippen LogP contribution in [0.25, 0.3) is 0 Å². The van der Waals surface area contributed by atoms with E-state index >= 15 is 0 Å². The number of non-ortho nitro benzene ring substituents is 1. The van der Waals surface area contributed by atoms with Crippen LogP contribution in [0.5, 0.6) is 0 Å². The molecule has 1 saturated carbocycles. The molecule has 1 fully saturated rings. The molecule has 24 heavy (non-hydrogen) atoms. The molecule has 1 aromatic carbocycles. The van der Waals surface area contributed by atoms with Crippen LogP contribution in [0, 0.1) is 16.0 Å². The maximum atomic E-state index is 12.2. The summed E-state index contributed by atoms with van der Waals surface area (Å²) < 4.78 is 0. The molecule has 0 aromatic heterocycles. The Morgan fingerprint density at radius 1 is 1.42 bits per heavy atom. The lowest BCUT2D eigenvalue weighted by Gasteiger charge is -2.39. The highest BCUT2D eigenvalue weighted by Crippen LogP contribution is 2.34. The highest BCUT2D eigenvalue weighted by Gasteiger charge is 2.41. The number of nitro benzene ring substituents is 1. The quantitative estimate of drug-likeness (QED) is 0.614. The van der Waals surface area contributed by atoms with E-state index in [1.165, 1.54) is 12.1 Å². The predicted octanol–water partition coefficient (Wildman–Crippen LogP) is 2.68. The molecule has 0 saturated heterocycles. The highest BCUT2D eigenvalue weighted by molar-refractivity contribution is 5.79. The summed E-state index contributed by atoms with van der Waals surface area (Å²) in [6.45, 7) is 1.79. The van der Waals surface area contributed by atoms with Gasteiger partial charge in [-0.1, -0.05) is 25.0 Å². The fourth-order valence-electron chi connectivity index (χ4n) is 3.34. The third-order valence-electron chi connectivity index (χ3n) is 4.69. The summed E-state index contributed by atoms with van der Waals surface area (Å²) in [4.78, 5) is 34.0. The van der Waals surface area contributed by atoms with Crippen LogP contribution in [0.15, 0.2) is 24.3 Å². The van der Waals surface area contributed by atoms with Crippen LogP contribution >= 0.6 is 0 Å². The molecule has 0 aliphatic heterocycles. The van der Waals surface area contributed by atoms with E-state index in [0.717, 1.165) is 12.8 Å². The number of benzene rings is 1. The summed E-state index contributed by atoms with van der Waals surface area (Å²) in [5, 5.41) is 23.0. The molecule has 2 N–H and O–H groups in total. The average molecular weight is 334 g/mol. The molecule has 1 aliphatic rings. The largest absolute Gasteiger partial charge is 0.481 e. The smallest absolute Gasteiger partial charge is 0.308 e. The first-order chi connectivity index (χ1) is 11.3. The highest BCUT2D eigenvalue weighted by atomic mass is 16.6. The van der Waals surface area contributed by atoms with Crippen LogP contribution in [0.1, 0.15) is 44.6 Å². The van der Waals surface area contributed by atoms with Crippen molar-refractivity contribution in [2.75, 3.05) is 0 Å². The number of hydrogen-bond donors (Lipinski definition) is 2. The van der Waals surface area contributed by atoms with Gasteiger partial charge in [-0.25, -0.2) is 0 Å². The lowest BCUT2D eigenvalue weighted by Crippen LogP contribution is -2.55. The maximum absolute atomic E-state index is 12.2. The molecular weight excluding hydrogens is 312 g/mol. The van der Waals surface area contributed by atoms with E-state index in [-0.39, 0.29) is 18.0 Å². The Balaban J connectivity index is 1.96. The summed E-state index contributed by atoms with van der Waals surface area (Å²) in [5.41, 5.74) is -0.0230. The van der Waals surface area contributed by atoms with Crippen LogP contribution in [0.4, 0.5) is 5.69 Å². The fourth-order valence-corrected chi connectivity index (χ4v) is 3.34. The second kappa shape index (κ2) is 7.42. The Kier molecular flexibility index (Phi) is 5.54. The van der Waals surface area contributed by atoms with Crippen LogP contribution < -0.4 is 5.32 Å². The Morgan fingerprint density at radius 2 is 2.17 bits per heavy atom. The number of carbonyl (C=O) groups is 2. The first-order valence-electron chi connectivity index (χ1n) is 8.09. The number of nitrogens with zero attached hydrogens (tertiary/aromatic N) is 1. The fraction of sp³-hybridized carbons (Fsp3) is 0.529. The van der Waals surface area contributed by atoms with Gasteiger partial charge in [-0.15, -0.1) is 0 Å². The summed E-state index contributed by atoms with van der Waals surface area (Å²) in [7, 11) is 0. The van der Waals surface area contributed by atoms with E-state index in [4.69, 9.17) is 0 Å². The van der Waals surface area contributed by atoms with E-state index in [1.54, 1.807) is 19.1 Å². The molecule has 2 unspecified atom stereocenters. The Bertz CT molecular complexity index is 646. The standard InChI is InChI=1S/C17H22N2O5/c1-17(10-3-2-7-14(17)16(21)22)18-15(20)9-8-12-5-4-6-13(11-12)19(23)24/h4-6,11,14H,2-3,7-10H2,1H3,(H,18,20)(H,21,22). The van der Waals surface area contributed by atoms with Crippen LogP contribution in [0.3, 0.4) is 0 Å². The Hall–Kier alpha value is -2.44. The molecule has 2 atom stereocenters. The van der Waals surface area contributed by atoms with Crippen molar-refractivity contribution in [1.82, 2.24) is 5.32 Å². The van der Waals surface area contributed by atoms with Gasteiger partial charge >= 0.3 is 5.97 Å². The molecule has 0 spiro atoms. The van der Waals surface area contributed by atoms with Gasteiger partial charge in [-0.05, 0) is 31.7 Å². The van der Waals surface area contributed by atoms with Crippen molar-refractivity contribution < 1.29 is 19.6 Å². The zero-order valence-corrected chi connectivity index (χ0v) is 13.7. The molecule has 1 amide bonds. The SMILES string of the molecule is CC1(NC(=O)CCc2cccc([N+](=O)[O-])c2)CCCCC1C(=O)O. The molecule has 0 bridgehead atoms. The lowest BCUT2D eigenvalue weighted by molar-refractivity contribution is -0.384. The van der Waals surface area contributed by atoms with E-state index in [9.17, 15) is 24.8 Å². The number of nitro groups is 1. The van der Waals surface area contributed by atoms with E-state index in [0.29, 0.717) is 24.8 Å². The predicted molar refractivity (Wildman–Crippen MR) is 87.6 cm³/mol. The van der Waals surface area contributed by atoms with Gasteiger partial charge in [-0.3, -0.25) is 19.7 Å². The first-order valence-corrected chi connectivity index (χ1v) is 8.09. The molecule has 2 rings (SSSR count). The number of amides is 1. The number of carbonyl (C=O) groups excluding carboxylic acids is 1. The minimum atomic E-state index is -0.879. The summed E-state index contributed by atoms with van der Waals surface area (Å²) in [5.74, 6) is -1.68. The van der Waals surface area contributed by atoms with Crippen molar-refractivity contribution in [3.8, 4) is 0 Å². The van der Waals surface area contributed by atoms with Gasteiger partial charge < -0.3 is 10.4 Å². The summed E-state index contributed by atoms with van der Waals surface area (Å²) in [6.07, 6.45) is 3.51. The normalized spacial score (nSPS) is 23.5. The zero-order chi connectivity index (χ0) is 17.7. The number of hydrogen-bond acceptors (Lipinski definition) is 4. The topological polar surface area (TPSA) is 110 Å². The maximum Gasteiger partial charge on any atom is 0.308 e. The second-order valence-corrected chi connectivity index (χ2v) is 6.53. The molecule has 1 aliphatic carbocycles. The van der Waals surface area contributed by atoms with E-state index in [2.05, 4.69) is 5.32 Å². The van der Waals surface area contributed by atoms with Crippen molar-refractivity contribution >= 4 is 17.6 Å². The third kappa shape index (κ3) is 4.31.